The summed E-state index contributed by atoms with van der Waals surface area (Å²) in [6, 6.07) is 8.50. The molecule has 0 aliphatic rings. The Labute approximate surface area is 114 Å². The maximum absolute atomic E-state index is 4.03. The molecule has 2 rings (SSSR count). The first kappa shape index (κ1) is 12.4. The zero-order valence-electron chi connectivity index (χ0n) is 9.76. The van der Waals surface area contributed by atoms with Gasteiger partial charge in [-0.2, -0.15) is 4.68 Å². The number of halogens is 1. The van der Waals surface area contributed by atoms with Crippen LogP contribution >= 0.6 is 22.6 Å². The molecule has 0 aliphatic carbocycles. The van der Waals surface area contributed by atoms with E-state index in [-0.39, 0.29) is 0 Å². The zero-order chi connectivity index (χ0) is 12.3. The van der Waals surface area contributed by atoms with E-state index < -0.39 is 0 Å². The van der Waals surface area contributed by atoms with E-state index in [1.807, 2.05) is 18.2 Å². The number of hydrogen-bond donors (Lipinski definition) is 1. The molecule has 0 fully saturated rings. The fraction of sp³-hybridized carbons (Fsp3) is 0.364. The van der Waals surface area contributed by atoms with Gasteiger partial charge in [0.1, 0.15) is 0 Å². The third-order valence-corrected chi connectivity index (χ3v) is 2.93. The van der Waals surface area contributed by atoms with E-state index in [1.54, 1.807) is 4.68 Å². The van der Waals surface area contributed by atoms with E-state index >= 15 is 0 Å². The minimum absolute atomic E-state index is 0.413. The molecule has 0 bridgehead atoms. The highest BCUT2D eigenvalue weighted by Crippen LogP contribution is 2.12. The summed E-state index contributed by atoms with van der Waals surface area (Å²) in [6.07, 6.45) is 0. The van der Waals surface area contributed by atoms with E-state index in [2.05, 4.69) is 63.3 Å². The van der Waals surface area contributed by atoms with E-state index in [0.29, 0.717) is 12.6 Å². The molecular formula is C11H14IN5. The van der Waals surface area contributed by atoms with Gasteiger partial charge in [0.25, 0.3) is 0 Å². The van der Waals surface area contributed by atoms with Crippen LogP contribution in [0.3, 0.4) is 0 Å². The van der Waals surface area contributed by atoms with Crippen molar-refractivity contribution in [3.63, 3.8) is 0 Å². The van der Waals surface area contributed by atoms with E-state index in [0.717, 1.165) is 11.5 Å². The molecule has 0 atom stereocenters. The van der Waals surface area contributed by atoms with Gasteiger partial charge in [-0.3, -0.25) is 0 Å². The van der Waals surface area contributed by atoms with Gasteiger partial charge in [-0.05, 0) is 51.2 Å². The summed E-state index contributed by atoms with van der Waals surface area (Å²) in [7, 11) is 0. The molecule has 0 amide bonds. The number of aromatic nitrogens is 4. The molecule has 1 heterocycles. The highest BCUT2D eigenvalue weighted by Gasteiger charge is 2.08. The molecule has 90 valence electrons. The minimum atomic E-state index is 0.413. The SMILES string of the molecule is CC(C)NCc1nnnn1-c1cccc(I)c1. The van der Waals surface area contributed by atoms with Crippen LogP contribution in [0.25, 0.3) is 5.69 Å². The third-order valence-electron chi connectivity index (χ3n) is 2.26. The van der Waals surface area contributed by atoms with Gasteiger partial charge in [-0.25, -0.2) is 0 Å². The quantitative estimate of drug-likeness (QED) is 0.860. The lowest BCUT2D eigenvalue weighted by atomic mass is 10.3. The molecule has 1 N–H and O–H groups in total. The molecule has 0 spiro atoms. The predicted molar refractivity (Wildman–Crippen MR) is 73.8 cm³/mol. The number of hydrogen-bond acceptors (Lipinski definition) is 4. The topological polar surface area (TPSA) is 55.6 Å². The maximum atomic E-state index is 4.03. The van der Waals surface area contributed by atoms with Gasteiger partial charge < -0.3 is 5.32 Å². The maximum Gasteiger partial charge on any atom is 0.170 e. The van der Waals surface area contributed by atoms with Crippen molar-refractivity contribution in [3.05, 3.63) is 33.7 Å². The van der Waals surface area contributed by atoms with Crippen LogP contribution in [0.15, 0.2) is 24.3 Å². The molecule has 0 saturated carbocycles. The lowest BCUT2D eigenvalue weighted by molar-refractivity contribution is 0.563. The summed E-state index contributed by atoms with van der Waals surface area (Å²) in [5, 5.41) is 15.1. The molecule has 2 aromatic rings. The summed E-state index contributed by atoms with van der Waals surface area (Å²) in [4.78, 5) is 0. The third kappa shape index (κ3) is 3.22. The van der Waals surface area contributed by atoms with Gasteiger partial charge in [0.05, 0.1) is 12.2 Å². The number of rotatable bonds is 4. The Morgan fingerprint density at radius 2 is 2.24 bits per heavy atom. The van der Waals surface area contributed by atoms with Crippen molar-refractivity contribution in [1.29, 1.82) is 0 Å². The van der Waals surface area contributed by atoms with Crippen LogP contribution in [0, 0.1) is 3.57 Å². The molecule has 1 aromatic carbocycles. The van der Waals surface area contributed by atoms with Gasteiger partial charge in [0.2, 0.25) is 0 Å². The normalized spacial score (nSPS) is 11.1. The number of benzene rings is 1. The first-order valence-corrected chi connectivity index (χ1v) is 6.51. The summed E-state index contributed by atoms with van der Waals surface area (Å²) in [5.74, 6) is 0.820. The van der Waals surface area contributed by atoms with Gasteiger partial charge in [-0.15, -0.1) is 5.10 Å². The second kappa shape index (κ2) is 5.54. The van der Waals surface area contributed by atoms with Crippen molar-refractivity contribution in [3.8, 4) is 5.69 Å². The van der Waals surface area contributed by atoms with Crippen LogP contribution in [0.2, 0.25) is 0 Å². The molecule has 5 nitrogen and oxygen atoms in total. The first-order chi connectivity index (χ1) is 8.16. The van der Waals surface area contributed by atoms with Crippen molar-refractivity contribution in [2.75, 3.05) is 0 Å². The number of nitrogens with one attached hydrogen (secondary N) is 1. The lowest BCUT2D eigenvalue weighted by Crippen LogP contribution is -2.24. The second-order valence-electron chi connectivity index (χ2n) is 4.02. The highest BCUT2D eigenvalue weighted by molar-refractivity contribution is 14.1. The molecule has 0 radical (unpaired) electrons. The molecular weight excluding hydrogens is 329 g/mol. The lowest BCUT2D eigenvalue weighted by Gasteiger charge is -2.08. The number of nitrogens with zero attached hydrogens (tertiary/aromatic N) is 4. The molecule has 0 unspecified atom stereocenters. The average Bonchev–Trinajstić information content (AvgIpc) is 2.74. The van der Waals surface area contributed by atoms with E-state index in [1.165, 1.54) is 3.57 Å². The summed E-state index contributed by atoms with van der Waals surface area (Å²) >= 11 is 2.28. The van der Waals surface area contributed by atoms with Gasteiger partial charge in [0.15, 0.2) is 5.82 Å². The van der Waals surface area contributed by atoms with E-state index in [9.17, 15) is 0 Å². The van der Waals surface area contributed by atoms with Crippen LogP contribution in [0.4, 0.5) is 0 Å². The van der Waals surface area contributed by atoms with Gasteiger partial charge in [0, 0.05) is 9.61 Å². The molecule has 1 aromatic heterocycles. The molecule has 17 heavy (non-hydrogen) atoms. The van der Waals surface area contributed by atoms with Gasteiger partial charge >= 0.3 is 0 Å². The van der Waals surface area contributed by atoms with Crippen LogP contribution in [0.5, 0.6) is 0 Å². The summed E-state index contributed by atoms with van der Waals surface area (Å²) in [5.41, 5.74) is 0.988. The largest absolute Gasteiger partial charge is 0.308 e. The Morgan fingerprint density at radius 3 is 2.94 bits per heavy atom. The standard InChI is InChI=1S/C11H14IN5/c1-8(2)13-7-11-14-15-16-17(11)10-5-3-4-9(12)6-10/h3-6,8,13H,7H2,1-2H3. The fourth-order valence-electron chi connectivity index (χ4n) is 1.42. The monoisotopic (exact) mass is 343 g/mol. The predicted octanol–water partition coefficient (Wildman–Crippen LogP) is 1.76. The van der Waals surface area contributed by atoms with Crippen molar-refractivity contribution in [1.82, 2.24) is 25.5 Å². The molecule has 0 aliphatic heterocycles. The van der Waals surface area contributed by atoms with Crippen molar-refractivity contribution < 1.29 is 0 Å². The Kier molecular flexibility index (Phi) is 4.06. The van der Waals surface area contributed by atoms with Crippen molar-refractivity contribution in [2.45, 2.75) is 26.4 Å². The smallest absolute Gasteiger partial charge is 0.170 e. The molecule has 0 saturated heterocycles. The molecule has 6 heteroatoms. The summed E-state index contributed by atoms with van der Waals surface area (Å²) in [6.45, 7) is 4.86. The fourth-order valence-corrected chi connectivity index (χ4v) is 1.95. The minimum Gasteiger partial charge on any atom is -0.308 e. The number of tetrazole rings is 1. The van der Waals surface area contributed by atoms with Crippen LogP contribution < -0.4 is 5.32 Å². The Morgan fingerprint density at radius 1 is 1.41 bits per heavy atom. The summed E-state index contributed by atoms with van der Waals surface area (Å²) < 4.78 is 2.93. The van der Waals surface area contributed by atoms with Crippen LogP contribution in [-0.2, 0) is 6.54 Å². The van der Waals surface area contributed by atoms with Crippen LogP contribution in [0.1, 0.15) is 19.7 Å². The van der Waals surface area contributed by atoms with E-state index in [4.69, 9.17) is 0 Å². The Hall–Kier alpha value is -1.02. The Balaban J connectivity index is 2.24. The second-order valence-corrected chi connectivity index (χ2v) is 5.27. The van der Waals surface area contributed by atoms with Crippen molar-refractivity contribution in [2.24, 2.45) is 0 Å². The average molecular weight is 343 g/mol. The zero-order valence-corrected chi connectivity index (χ0v) is 11.9. The Bertz CT molecular complexity index is 494. The first-order valence-electron chi connectivity index (χ1n) is 5.43. The van der Waals surface area contributed by atoms with Crippen LogP contribution in [-0.4, -0.2) is 26.2 Å². The van der Waals surface area contributed by atoms with Gasteiger partial charge in [-0.1, -0.05) is 19.9 Å². The highest BCUT2D eigenvalue weighted by atomic mass is 127. The van der Waals surface area contributed by atoms with Crippen molar-refractivity contribution >= 4 is 22.6 Å².